The number of amides is 2. The van der Waals surface area contributed by atoms with Crippen molar-refractivity contribution in [2.45, 2.75) is 52.6 Å². The number of likely N-dealkylation sites (tertiary alicyclic amines) is 1. The lowest BCUT2D eigenvalue weighted by Gasteiger charge is -2.21. The van der Waals surface area contributed by atoms with Crippen molar-refractivity contribution in [1.29, 1.82) is 0 Å². The van der Waals surface area contributed by atoms with Crippen LogP contribution >= 0.6 is 0 Å². The quantitative estimate of drug-likeness (QED) is 0.715. The summed E-state index contributed by atoms with van der Waals surface area (Å²) in [5.41, 5.74) is 3.35. The van der Waals surface area contributed by atoms with Gasteiger partial charge in [0.15, 0.2) is 5.78 Å². The SMILES string of the molecule is COc1cccc(CN2CCC(NC(=O)c3c(C)[nH]c(C(C)=O)c3C)CCC2=O)c1. The normalized spacial score (nSPS) is 16.9. The van der Waals surface area contributed by atoms with Gasteiger partial charge in [0, 0.05) is 38.2 Å². The number of hydrogen-bond acceptors (Lipinski definition) is 4. The number of benzene rings is 1. The van der Waals surface area contributed by atoms with E-state index >= 15 is 0 Å². The maximum atomic E-state index is 12.9. The molecular weight excluding hydrogens is 382 g/mol. The van der Waals surface area contributed by atoms with Gasteiger partial charge in [-0.25, -0.2) is 0 Å². The first-order chi connectivity index (χ1) is 14.3. The summed E-state index contributed by atoms with van der Waals surface area (Å²) in [6.07, 6.45) is 1.67. The summed E-state index contributed by atoms with van der Waals surface area (Å²) in [6.45, 7) is 6.15. The fraction of sp³-hybridized carbons (Fsp3) is 0.435. The number of hydrogen-bond donors (Lipinski definition) is 2. The first kappa shape index (κ1) is 21.6. The Morgan fingerprint density at radius 3 is 2.70 bits per heavy atom. The zero-order chi connectivity index (χ0) is 21.8. The summed E-state index contributed by atoms with van der Waals surface area (Å²) in [4.78, 5) is 42.1. The minimum Gasteiger partial charge on any atom is -0.497 e. The molecule has 160 valence electrons. The van der Waals surface area contributed by atoms with E-state index in [9.17, 15) is 14.4 Å². The number of methoxy groups -OCH3 is 1. The van der Waals surface area contributed by atoms with Crippen molar-refractivity contribution in [3.63, 3.8) is 0 Å². The number of rotatable bonds is 6. The lowest BCUT2D eigenvalue weighted by molar-refractivity contribution is -0.131. The molecule has 1 fully saturated rings. The monoisotopic (exact) mass is 411 g/mol. The van der Waals surface area contributed by atoms with Crippen LogP contribution in [0.5, 0.6) is 5.75 Å². The van der Waals surface area contributed by atoms with Gasteiger partial charge < -0.3 is 19.9 Å². The second-order valence-corrected chi connectivity index (χ2v) is 7.85. The summed E-state index contributed by atoms with van der Waals surface area (Å²) in [5, 5.41) is 3.06. The zero-order valence-corrected chi connectivity index (χ0v) is 18.0. The highest BCUT2D eigenvalue weighted by atomic mass is 16.5. The van der Waals surface area contributed by atoms with Crippen LogP contribution in [0.3, 0.4) is 0 Å². The summed E-state index contributed by atoms with van der Waals surface area (Å²) < 4.78 is 5.26. The molecule has 1 aromatic carbocycles. The highest BCUT2D eigenvalue weighted by Crippen LogP contribution is 2.21. The van der Waals surface area contributed by atoms with Crippen LogP contribution in [0.4, 0.5) is 0 Å². The number of nitrogens with one attached hydrogen (secondary N) is 2. The number of nitrogens with zero attached hydrogens (tertiary/aromatic N) is 1. The van der Waals surface area contributed by atoms with Crippen molar-refractivity contribution < 1.29 is 19.1 Å². The van der Waals surface area contributed by atoms with E-state index in [2.05, 4.69) is 10.3 Å². The van der Waals surface area contributed by atoms with Crippen LogP contribution in [-0.2, 0) is 11.3 Å². The van der Waals surface area contributed by atoms with E-state index in [0.717, 1.165) is 11.3 Å². The minimum atomic E-state index is -0.201. The molecule has 0 bridgehead atoms. The lowest BCUT2D eigenvalue weighted by atomic mass is 10.1. The highest BCUT2D eigenvalue weighted by Gasteiger charge is 2.26. The van der Waals surface area contributed by atoms with Crippen LogP contribution in [0.2, 0.25) is 0 Å². The molecule has 1 unspecified atom stereocenters. The van der Waals surface area contributed by atoms with Gasteiger partial charge in [-0.05, 0) is 49.9 Å². The molecule has 0 aliphatic carbocycles. The van der Waals surface area contributed by atoms with Crippen molar-refractivity contribution in [3.8, 4) is 5.75 Å². The van der Waals surface area contributed by atoms with E-state index in [0.29, 0.717) is 54.9 Å². The summed E-state index contributed by atoms with van der Waals surface area (Å²) in [5.74, 6) is 0.555. The molecule has 3 rings (SSSR count). The van der Waals surface area contributed by atoms with Gasteiger partial charge in [0.25, 0.3) is 5.91 Å². The molecule has 1 aliphatic rings. The Morgan fingerprint density at radius 2 is 2.03 bits per heavy atom. The van der Waals surface area contributed by atoms with Gasteiger partial charge in [-0.3, -0.25) is 14.4 Å². The topological polar surface area (TPSA) is 91.5 Å². The molecule has 1 aliphatic heterocycles. The van der Waals surface area contributed by atoms with Crippen LogP contribution in [0.1, 0.15) is 63.9 Å². The molecule has 1 atom stereocenters. The van der Waals surface area contributed by atoms with Gasteiger partial charge >= 0.3 is 0 Å². The van der Waals surface area contributed by atoms with Crippen LogP contribution in [0.15, 0.2) is 24.3 Å². The smallest absolute Gasteiger partial charge is 0.253 e. The van der Waals surface area contributed by atoms with Gasteiger partial charge in [0.1, 0.15) is 5.75 Å². The molecule has 2 heterocycles. The van der Waals surface area contributed by atoms with Gasteiger partial charge in [-0.1, -0.05) is 12.1 Å². The van der Waals surface area contributed by atoms with Gasteiger partial charge in [0.2, 0.25) is 5.91 Å². The largest absolute Gasteiger partial charge is 0.497 e. The number of aromatic amines is 1. The van der Waals surface area contributed by atoms with E-state index in [1.54, 1.807) is 21.0 Å². The highest BCUT2D eigenvalue weighted by molar-refractivity contribution is 6.02. The molecule has 7 nitrogen and oxygen atoms in total. The van der Waals surface area contributed by atoms with Gasteiger partial charge in [0.05, 0.1) is 18.4 Å². The number of aromatic nitrogens is 1. The summed E-state index contributed by atoms with van der Waals surface area (Å²) in [7, 11) is 1.62. The van der Waals surface area contributed by atoms with E-state index in [1.807, 2.05) is 29.2 Å². The van der Waals surface area contributed by atoms with Crippen LogP contribution in [0, 0.1) is 13.8 Å². The molecule has 2 amide bonds. The average Bonchev–Trinajstić information content (AvgIpc) is 2.92. The molecule has 1 aromatic heterocycles. The van der Waals surface area contributed by atoms with Crippen molar-refractivity contribution in [3.05, 3.63) is 52.3 Å². The molecule has 0 spiro atoms. The number of carbonyl (C=O) groups is 3. The van der Waals surface area contributed by atoms with E-state index in [-0.39, 0.29) is 23.6 Å². The number of ketones is 1. The second-order valence-electron chi connectivity index (χ2n) is 7.85. The number of Topliss-reactive ketones (excluding diaryl/α,β-unsaturated/α-hetero) is 1. The maximum Gasteiger partial charge on any atom is 0.253 e. The van der Waals surface area contributed by atoms with Crippen molar-refractivity contribution in [2.75, 3.05) is 13.7 Å². The van der Waals surface area contributed by atoms with E-state index in [4.69, 9.17) is 4.74 Å². The molecule has 1 saturated heterocycles. The zero-order valence-electron chi connectivity index (χ0n) is 18.0. The minimum absolute atomic E-state index is 0.0856. The summed E-state index contributed by atoms with van der Waals surface area (Å²) in [6, 6.07) is 7.61. The molecule has 30 heavy (non-hydrogen) atoms. The Kier molecular flexibility index (Phi) is 6.59. The molecule has 0 saturated carbocycles. The molecule has 0 radical (unpaired) electrons. The van der Waals surface area contributed by atoms with Crippen LogP contribution in [-0.4, -0.2) is 47.2 Å². The fourth-order valence-electron chi connectivity index (χ4n) is 4.04. The number of ether oxygens (including phenoxy) is 1. The predicted molar refractivity (Wildman–Crippen MR) is 114 cm³/mol. The Bertz CT molecular complexity index is 963. The van der Waals surface area contributed by atoms with Gasteiger partial charge in [-0.15, -0.1) is 0 Å². The Balaban J connectivity index is 1.65. The van der Waals surface area contributed by atoms with Crippen LogP contribution in [0.25, 0.3) is 0 Å². The maximum absolute atomic E-state index is 12.9. The van der Waals surface area contributed by atoms with Gasteiger partial charge in [-0.2, -0.15) is 0 Å². The summed E-state index contributed by atoms with van der Waals surface area (Å²) >= 11 is 0. The van der Waals surface area contributed by atoms with Crippen molar-refractivity contribution in [1.82, 2.24) is 15.2 Å². The Morgan fingerprint density at radius 1 is 1.27 bits per heavy atom. The Labute approximate surface area is 176 Å². The lowest BCUT2D eigenvalue weighted by Crippen LogP contribution is -2.36. The number of carbonyl (C=O) groups excluding carboxylic acids is 3. The van der Waals surface area contributed by atoms with Crippen LogP contribution < -0.4 is 10.1 Å². The third-order valence-corrected chi connectivity index (χ3v) is 5.67. The number of H-pyrrole nitrogens is 1. The number of aryl methyl sites for hydroxylation is 1. The van der Waals surface area contributed by atoms with E-state index < -0.39 is 0 Å². The molecule has 2 N–H and O–H groups in total. The van der Waals surface area contributed by atoms with E-state index in [1.165, 1.54) is 6.92 Å². The fourth-order valence-corrected chi connectivity index (χ4v) is 4.04. The third-order valence-electron chi connectivity index (χ3n) is 5.67. The first-order valence-electron chi connectivity index (χ1n) is 10.2. The van der Waals surface area contributed by atoms with Crippen molar-refractivity contribution >= 4 is 17.6 Å². The molecule has 2 aromatic rings. The second kappa shape index (κ2) is 9.15. The Hall–Kier alpha value is -3.09. The average molecular weight is 412 g/mol. The third kappa shape index (κ3) is 4.72. The standard InChI is InChI=1S/C23H29N3O4/c1-14-21(15(2)24-22(14)16(3)27)23(29)25-18-8-9-20(28)26(11-10-18)13-17-6-5-7-19(12-17)30-4/h5-7,12,18,24H,8-11,13H2,1-4H3,(H,25,29). The molecule has 7 heteroatoms. The van der Waals surface area contributed by atoms with Crippen molar-refractivity contribution in [2.24, 2.45) is 0 Å². The molecular formula is C23H29N3O4. The first-order valence-corrected chi connectivity index (χ1v) is 10.2. The predicted octanol–water partition coefficient (Wildman–Crippen LogP) is 3.15.